The molecule has 28 heavy (non-hydrogen) atoms. The number of likely N-dealkylation sites (tertiary alicyclic amines) is 1. The lowest BCUT2D eigenvalue weighted by Gasteiger charge is -2.31. The van der Waals surface area contributed by atoms with Crippen LogP contribution >= 0.6 is 0 Å². The van der Waals surface area contributed by atoms with Crippen molar-refractivity contribution in [2.45, 2.75) is 25.7 Å². The standard InChI is InChI=1S/C20H22N6O2/c1-14-12-22-17(13-21-14)19(27)25-10-8-15(9-11-25)18-23-24(2)20(28)26(18)16-6-4-3-5-7-16/h3-7,12-13,15H,8-11H2,1-2H3. The Morgan fingerprint density at radius 1 is 1.07 bits per heavy atom. The Hall–Kier alpha value is -3.29. The molecule has 8 nitrogen and oxygen atoms in total. The number of benzene rings is 1. The van der Waals surface area contributed by atoms with Gasteiger partial charge in [-0.15, -0.1) is 0 Å². The van der Waals surface area contributed by atoms with Gasteiger partial charge >= 0.3 is 5.69 Å². The highest BCUT2D eigenvalue weighted by Crippen LogP contribution is 2.28. The molecule has 0 radical (unpaired) electrons. The predicted octanol–water partition coefficient (Wildman–Crippen LogP) is 1.69. The molecule has 0 unspecified atom stereocenters. The minimum atomic E-state index is -0.158. The second-order valence-corrected chi connectivity index (χ2v) is 7.04. The molecule has 0 N–H and O–H groups in total. The molecule has 3 heterocycles. The summed E-state index contributed by atoms with van der Waals surface area (Å²) in [6.45, 7) is 3.03. The molecule has 1 fully saturated rings. The van der Waals surface area contributed by atoms with Crippen molar-refractivity contribution in [2.24, 2.45) is 7.05 Å². The molecule has 0 atom stereocenters. The fourth-order valence-corrected chi connectivity index (χ4v) is 3.57. The molecule has 144 valence electrons. The van der Waals surface area contributed by atoms with Gasteiger partial charge in [0, 0.05) is 32.3 Å². The zero-order valence-electron chi connectivity index (χ0n) is 15.9. The minimum absolute atomic E-state index is 0.104. The maximum Gasteiger partial charge on any atom is 0.350 e. The molecule has 8 heteroatoms. The number of hydrogen-bond donors (Lipinski definition) is 0. The molecular weight excluding hydrogens is 356 g/mol. The van der Waals surface area contributed by atoms with E-state index in [9.17, 15) is 9.59 Å². The van der Waals surface area contributed by atoms with Gasteiger partial charge < -0.3 is 4.90 Å². The van der Waals surface area contributed by atoms with Gasteiger partial charge in [0.15, 0.2) is 0 Å². The Kier molecular flexibility index (Phi) is 4.77. The second kappa shape index (κ2) is 7.38. The van der Waals surface area contributed by atoms with Crippen LogP contribution in [0, 0.1) is 6.92 Å². The van der Waals surface area contributed by atoms with Crippen molar-refractivity contribution in [2.75, 3.05) is 13.1 Å². The lowest BCUT2D eigenvalue weighted by atomic mass is 9.95. The summed E-state index contributed by atoms with van der Waals surface area (Å²) >= 11 is 0. The van der Waals surface area contributed by atoms with Crippen LogP contribution in [0.1, 0.15) is 40.8 Å². The van der Waals surface area contributed by atoms with Gasteiger partial charge in [0.2, 0.25) is 0 Å². The van der Waals surface area contributed by atoms with Crippen LogP contribution in [0.3, 0.4) is 0 Å². The number of nitrogens with zero attached hydrogens (tertiary/aromatic N) is 6. The van der Waals surface area contributed by atoms with Crippen molar-refractivity contribution < 1.29 is 4.79 Å². The van der Waals surface area contributed by atoms with Crippen LogP contribution in [0.25, 0.3) is 5.69 Å². The van der Waals surface area contributed by atoms with Gasteiger partial charge in [-0.3, -0.25) is 9.78 Å². The minimum Gasteiger partial charge on any atom is -0.337 e. The highest BCUT2D eigenvalue weighted by atomic mass is 16.2. The van der Waals surface area contributed by atoms with Crippen LogP contribution in [-0.4, -0.2) is 48.2 Å². The Bertz CT molecular complexity index is 1030. The number of amides is 1. The SMILES string of the molecule is Cc1cnc(C(=O)N2CCC(c3nn(C)c(=O)n3-c3ccccc3)CC2)cn1. The summed E-state index contributed by atoms with van der Waals surface area (Å²) in [5.74, 6) is 0.760. The summed E-state index contributed by atoms with van der Waals surface area (Å²) in [5.41, 5.74) is 1.80. The zero-order chi connectivity index (χ0) is 19.7. The normalized spacial score (nSPS) is 15.0. The van der Waals surface area contributed by atoms with E-state index in [0.29, 0.717) is 18.8 Å². The van der Waals surface area contributed by atoms with Crippen molar-refractivity contribution in [1.29, 1.82) is 0 Å². The summed E-state index contributed by atoms with van der Waals surface area (Å²) in [5, 5.41) is 4.49. The Balaban J connectivity index is 1.53. The van der Waals surface area contributed by atoms with E-state index in [2.05, 4.69) is 15.1 Å². The summed E-state index contributed by atoms with van der Waals surface area (Å²) in [7, 11) is 1.67. The first kappa shape index (κ1) is 18.1. The Morgan fingerprint density at radius 2 is 1.79 bits per heavy atom. The number of aryl methyl sites for hydroxylation is 2. The number of para-hydroxylation sites is 1. The molecule has 0 aliphatic carbocycles. The first-order valence-electron chi connectivity index (χ1n) is 9.34. The van der Waals surface area contributed by atoms with Crippen LogP contribution in [0.4, 0.5) is 0 Å². The number of piperidine rings is 1. The number of hydrogen-bond acceptors (Lipinski definition) is 5. The Morgan fingerprint density at radius 3 is 2.43 bits per heavy atom. The third-order valence-corrected chi connectivity index (χ3v) is 5.11. The maximum absolute atomic E-state index is 12.6. The summed E-state index contributed by atoms with van der Waals surface area (Å²) in [6, 6.07) is 9.54. The van der Waals surface area contributed by atoms with E-state index >= 15 is 0 Å². The average molecular weight is 378 g/mol. The first-order valence-corrected chi connectivity index (χ1v) is 9.34. The highest BCUT2D eigenvalue weighted by molar-refractivity contribution is 5.92. The van der Waals surface area contributed by atoms with Gasteiger partial charge in [0.1, 0.15) is 11.5 Å². The molecule has 4 rings (SSSR count). The van der Waals surface area contributed by atoms with E-state index in [-0.39, 0.29) is 17.5 Å². The van der Waals surface area contributed by atoms with Gasteiger partial charge in [-0.25, -0.2) is 19.0 Å². The maximum atomic E-state index is 12.6. The number of carbonyl (C=O) groups is 1. The summed E-state index contributed by atoms with van der Waals surface area (Å²) in [4.78, 5) is 35.4. The quantitative estimate of drug-likeness (QED) is 0.692. The van der Waals surface area contributed by atoms with Crippen LogP contribution < -0.4 is 5.69 Å². The van der Waals surface area contributed by atoms with E-state index in [0.717, 1.165) is 30.0 Å². The lowest BCUT2D eigenvalue weighted by Crippen LogP contribution is -2.39. The van der Waals surface area contributed by atoms with Gasteiger partial charge in [-0.2, -0.15) is 5.10 Å². The van der Waals surface area contributed by atoms with E-state index in [1.807, 2.05) is 37.3 Å². The van der Waals surface area contributed by atoms with E-state index in [1.165, 1.54) is 10.9 Å². The van der Waals surface area contributed by atoms with Crippen molar-refractivity contribution >= 4 is 5.91 Å². The molecule has 3 aromatic rings. The molecular formula is C20H22N6O2. The number of rotatable bonds is 3. The fraction of sp³-hybridized carbons (Fsp3) is 0.350. The van der Waals surface area contributed by atoms with Crippen LogP contribution in [0.15, 0.2) is 47.5 Å². The van der Waals surface area contributed by atoms with Gasteiger partial charge in [0.25, 0.3) is 5.91 Å². The molecule has 1 amide bonds. The smallest absolute Gasteiger partial charge is 0.337 e. The lowest BCUT2D eigenvalue weighted by molar-refractivity contribution is 0.0704. The fourth-order valence-electron chi connectivity index (χ4n) is 3.57. The van der Waals surface area contributed by atoms with E-state index in [1.54, 1.807) is 22.7 Å². The molecule has 0 bridgehead atoms. The van der Waals surface area contributed by atoms with Crippen LogP contribution in [0.5, 0.6) is 0 Å². The van der Waals surface area contributed by atoms with Crippen molar-refractivity contribution in [3.63, 3.8) is 0 Å². The molecule has 0 saturated carbocycles. The van der Waals surface area contributed by atoms with Crippen molar-refractivity contribution in [1.82, 2.24) is 29.2 Å². The molecule has 1 aliphatic heterocycles. The molecule has 1 aromatic carbocycles. The van der Waals surface area contributed by atoms with Gasteiger partial charge in [-0.1, -0.05) is 18.2 Å². The van der Waals surface area contributed by atoms with Crippen molar-refractivity contribution in [3.8, 4) is 5.69 Å². The van der Waals surface area contributed by atoms with Crippen LogP contribution in [-0.2, 0) is 7.05 Å². The molecule has 1 aliphatic rings. The summed E-state index contributed by atoms with van der Waals surface area (Å²) in [6.07, 6.45) is 4.62. The molecule has 1 saturated heterocycles. The number of carbonyl (C=O) groups excluding carboxylic acids is 1. The Labute approximate surface area is 162 Å². The van der Waals surface area contributed by atoms with E-state index < -0.39 is 0 Å². The molecule has 0 spiro atoms. The molecule has 2 aromatic heterocycles. The average Bonchev–Trinajstić information content (AvgIpc) is 3.03. The van der Waals surface area contributed by atoms with E-state index in [4.69, 9.17) is 0 Å². The third kappa shape index (κ3) is 3.33. The zero-order valence-corrected chi connectivity index (χ0v) is 15.9. The van der Waals surface area contributed by atoms with Gasteiger partial charge in [0.05, 0.1) is 17.6 Å². The third-order valence-electron chi connectivity index (χ3n) is 5.11. The topological polar surface area (TPSA) is 85.9 Å². The monoisotopic (exact) mass is 378 g/mol. The summed E-state index contributed by atoms with van der Waals surface area (Å²) < 4.78 is 3.05. The highest BCUT2D eigenvalue weighted by Gasteiger charge is 2.29. The predicted molar refractivity (Wildman–Crippen MR) is 103 cm³/mol. The second-order valence-electron chi connectivity index (χ2n) is 7.04. The first-order chi connectivity index (χ1) is 13.5. The van der Waals surface area contributed by atoms with Crippen LogP contribution in [0.2, 0.25) is 0 Å². The largest absolute Gasteiger partial charge is 0.350 e. The van der Waals surface area contributed by atoms with Crippen molar-refractivity contribution in [3.05, 3.63) is 70.4 Å². The van der Waals surface area contributed by atoms with Gasteiger partial charge in [-0.05, 0) is 31.9 Å². The number of aromatic nitrogens is 5.